The number of carbonyl (C=O) groups is 1. The van der Waals surface area contributed by atoms with Crippen LogP contribution in [0.15, 0.2) is 36.4 Å². The SMILES string of the molecule is Cc1cc(C)n(-c2cc(Nc3ccc(I)cc3C)c(C(=O)NO)cc2[N+](=O)[O-])n1. The van der Waals surface area contributed by atoms with Crippen molar-refractivity contribution in [3.63, 3.8) is 0 Å². The highest BCUT2D eigenvalue weighted by molar-refractivity contribution is 14.1. The van der Waals surface area contributed by atoms with Gasteiger partial charge in [-0.1, -0.05) is 0 Å². The number of rotatable bonds is 5. The molecule has 1 heterocycles. The predicted molar refractivity (Wildman–Crippen MR) is 116 cm³/mol. The van der Waals surface area contributed by atoms with E-state index in [4.69, 9.17) is 5.21 Å². The molecule has 0 spiro atoms. The number of nitro groups is 1. The predicted octanol–water partition coefficient (Wildman–Crippen LogP) is 4.17. The second-order valence-electron chi connectivity index (χ2n) is 6.51. The second-order valence-corrected chi connectivity index (χ2v) is 7.75. The number of halogens is 1. The maximum atomic E-state index is 12.2. The molecule has 0 unspecified atom stereocenters. The van der Waals surface area contributed by atoms with E-state index in [-0.39, 0.29) is 16.9 Å². The Morgan fingerprint density at radius 3 is 2.45 bits per heavy atom. The molecule has 1 amide bonds. The Bertz CT molecular complexity index is 1130. The molecule has 1 aromatic heterocycles. The first-order valence-corrected chi connectivity index (χ1v) is 9.63. The van der Waals surface area contributed by atoms with E-state index in [1.807, 2.05) is 25.1 Å². The molecule has 9 nitrogen and oxygen atoms in total. The van der Waals surface area contributed by atoms with Crippen molar-refractivity contribution in [2.24, 2.45) is 0 Å². The number of hydroxylamine groups is 1. The van der Waals surface area contributed by atoms with Gasteiger partial charge in [-0.25, -0.2) is 10.2 Å². The Labute approximate surface area is 180 Å². The van der Waals surface area contributed by atoms with E-state index in [0.29, 0.717) is 17.1 Å². The molecule has 0 fully saturated rings. The summed E-state index contributed by atoms with van der Waals surface area (Å²) in [6, 6.07) is 10.1. The summed E-state index contributed by atoms with van der Waals surface area (Å²) in [6.45, 7) is 5.48. The van der Waals surface area contributed by atoms with Gasteiger partial charge in [0.1, 0.15) is 5.69 Å². The number of nitrogens with one attached hydrogen (secondary N) is 2. The number of aromatic nitrogens is 2. The van der Waals surface area contributed by atoms with E-state index in [1.54, 1.807) is 25.4 Å². The van der Waals surface area contributed by atoms with Crippen LogP contribution in [0, 0.1) is 34.5 Å². The smallest absolute Gasteiger partial charge is 0.295 e. The lowest BCUT2D eigenvalue weighted by molar-refractivity contribution is -0.384. The number of benzene rings is 2. The normalized spacial score (nSPS) is 10.7. The van der Waals surface area contributed by atoms with Crippen molar-refractivity contribution >= 4 is 45.6 Å². The van der Waals surface area contributed by atoms with Crippen molar-refractivity contribution in [2.75, 3.05) is 5.32 Å². The third-order valence-electron chi connectivity index (χ3n) is 4.35. The zero-order valence-electron chi connectivity index (χ0n) is 15.9. The molecule has 0 radical (unpaired) electrons. The van der Waals surface area contributed by atoms with Crippen LogP contribution in [-0.2, 0) is 0 Å². The first-order chi connectivity index (χ1) is 13.7. The van der Waals surface area contributed by atoms with Gasteiger partial charge in [-0.15, -0.1) is 0 Å². The van der Waals surface area contributed by atoms with Gasteiger partial charge in [0.2, 0.25) is 0 Å². The van der Waals surface area contributed by atoms with Crippen molar-refractivity contribution < 1.29 is 14.9 Å². The number of carbonyl (C=O) groups excluding carboxylic acids is 1. The summed E-state index contributed by atoms with van der Waals surface area (Å²) in [7, 11) is 0. The number of aryl methyl sites for hydroxylation is 3. The lowest BCUT2D eigenvalue weighted by Crippen LogP contribution is -2.21. The topological polar surface area (TPSA) is 122 Å². The van der Waals surface area contributed by atoms with E-state index >= 15 is 0 Å². The van der Waals surface area contributed by atoms with Crippen LogP contribution in [-0.4, -0.2) is 25.8 Å². The molecule has 3 aromatic rings. The van der Waals surface area contributed by atoms with Gasteiger partial charge in [0, 0.05) is 21.0 Å². The molecular weight excluding hydrogens is 489 g/mol. The van der Waals surface area contributed by atoms with Crippen LogP contribution >= 0.6 is 22.6 Å². The van der Waals surface area contributed by atoms with Crippen molar-refractivity contribution in [1.29, 1.82) is 0 Å². The molecule has 0 aliphatic heterocycles. The van der Waals surface area contributed by atoms with Crippen LogP contribution in [0.3, 0.4) is 0 Å². The van der Waals surface area contributed by atoms with Gasteiger partial charge < -0.3 is 5.32 Å². The standard InChI is InChI=1S/C19H18IN5O4/c1-10-6-13(20)4-5-15(10)21-16-9-17(24-12(3)7-11(2)22-24)18(25(28)29)8-14(16)19(26)23-27/h4-9,21,27H,1-3H3,(H,23,26). The summed E-state index contributed by atoms with van der Waals surface area (Å²) in [5, 5.41) is 28.3. The summed E-state index contributed by atoms with van der Waals surface area (Å²) < 4.78 is 2.51. The number of anilines is 2. The van der Waals surface area contributed by atoms with Gasteiger partial charge in [0.15, 0.2) is 0 Å². The molecule has 10 heteroatoms. The van der Waals surface area contributed by atoms with E-state index in [0.717, 1.165) is 20.9 Å². The molecule has 2 aromatic carbocycles. The molecule has 0 saturated carbocycles. The zero-order valence-corrected chi connectivity index (χ0v) is 18.0. The number of hydrogen-bond donors (Lipinski definition) is 3. The van der Waals surface area contributed by atoms with Gasteiger partial charge >= 0.3 is 0 Å². The van der Waals surface area contributed by atoms with Crippen LogP contribution in [0.4, 0.5) is 17.1 Å². The fourth-order valence-corrected chi connectivity index (χ4v) is 3.68. The second kappa shape index (κ2) is 8.17. The fraction of sp³-hybridized carbons (Fsp3) is 0.158. The van der Waals surface area contributed by atoms with E-state index < -0.39 is 10.8 Å². The third kappa shape index (κ3) is 4.22. The minimum Gasteiger partial charge on any atom is -0.355 e. The molecule has 0 saturated heterocycles. The van der Waals surface area contributed by atoms with Crippen molar-refractivity contribution in [3.8, 4) is 5.69 Å². The van der Waals surface area contributed by atoms with Crippen molar-refractivity contribution in [1.82, 2.24) is 15.3 Å². The molecule has 0 atom stereocenters. The van der Waals surface area contributed by atoms with Crippen LogP contribution in [0.1, 0.15) is 27.3 Å². The highest BCUT2D eigenvalue weighted by Crippen LogP contribution is 2.33. The minimum atomic E-state index is -0.862. The number of hydrogen-bond acceptors (Lipinski definition) is 6. The van der Waals surface area contributed by atoms with Gasteiger partial charge in [-0.2, -0.15) is 5.10 Å². The van der Waals surface area contributed by atoms with Crippen LogP contribution in [0.5, 0.6) is 0 Å². The fourth-order valence-electron chi connectivity index (χ4n) is 3.03. The minimum absolute atomic E-state index is 0.0672. The Balaban J connectivity index is 2.24. The van der Waals surface area contributed by atoms with Crippen LogP contribution in [0.25, 0.3) is 5.69 Å². The van der Waals surface area contributed by atoms with Crippen LogP contribution in [0.2, 0.25) is 0 Å². The Morgan fingerprint density at radius 2 is 1.90 bits per heavy atom. The van der Waals surface area contributed by atoms with Crippen molar-refractivity contribution in [3.05, 3.63) is 72.6 Å². The molecule has 0 aliphatic rings. The van der Waals surface area contributed by atoms with E-state index in [1.165, 1.54) is 10.7 Å². The lowest BCUT2D eigenvalue weighted by atomic mass is 10.1. The number of nitro benzene ring substituents is 1. The van der Waals surface area contributed by atoms with E-state index in [9.17, 15) is 14.9 Å². The maximum Gasteiger partial charge on any atom is 0.295 e. The summed E-state index contributed by atoms with van der Waals surface area (Å²) in [4.78, 5) is 23.3. The maximum absolute atomic E-state index is 12.2. The Morgan fingerprint density at radius 1 is 1.17 bits per heavy atom. The number of amides is 1. The van der Waals surface area contributed by atoms with Gasteiger partial charge in [-0.05, 0) is 79.3 Å². The summed E-state index contributed by atoms with van der Waals surface area (Å²) in [6.07, 6.45) is 0. The molecule has 3 rings (SSSR count). The van der Waals surface area contributed by atoms with Crippen molar-refractivity contribution in [2.45, 2.75) is 20.8 Å². The summed E-state index contributed by atoms with van der Waals surface area (Å²) in [5.74, 6) is -0.862. The zero-order chi connectivity index (χ0) is 21.3. The highest BCUT2D eigenvalue weighted by Gasteiger charge is 2.24. The lowest BCUT2D eigenvalue weighted by Gasteiger charge is -2.16. The quantitative estimate of drug-likeness (QED) is 0.206. The average molecular weight is 507 g/mol. The van der Waals surface area contributed by atoms with Gasteiger partial charge in [0.05, 0.1) is 21.9 Å². The van der Waals surface area contributed by atoms with Crippen LogP contribution < -0.4 is 10.8 Å². The third-order valence-corrected chi connectivity index (χ3v) is 5.02. The molecule has 150 valence electrons. The monoisotopic (exact) mass is 507 g/mol. The van der Waals surface area contributed by atoms with E-state index in [2.05, 4.69) is 33.0 Å². The Kier molecular flexibility index (Phi) is 5.84. The van der Waals surface area contributed by atoms with Gasteiger partial charge in [-0.3, -0.25) is 20.1 Å². The number of nitrogens with zero attached hydrogens (tertiary/aromatic N) is 3. The van der Waals surface area contributed by atoms with Gasteiger partial charge in [0.25, 0.3) is 11.6 Å². The first kappa shape index (κ1) is 20.7. The molecule has 3 N–H and O–H groups in total. The largest absolute Gasteiger partial charge is 0.355 e. The summed E-state index contributed by atoms with van der Waals surface area (Å²) >= 11 is 2.20. The molecule has 0 bridgehead atoms. The first-order valence-electron chi connectivity index (χ1n) is 8.55. The molecular formula is C19H18IN5O4. The molecule has 29 heavy (non-hydrogen) atoms. The Hall–Kier alpha value is -2.99. The summed E-state index contributed by atoms with van der Waals surface area (Å²) in [5.41, 5.74) is 4.75. The highest BCUT2D eigenvalue weighted by atomic mass is 127. The average Bonchev–Trinajstić information content (AvgIpc) is 3.00. The molecule has 0 aliphatic carbocycles.